The van der Waals surface area contributed by atoms with Gasteiger partial charge >= 0.3 is 0 Å². The maximum Gasteiger partial charge on any atom is 0.295 e. The molecule has 1 aromatic heterocycles. The molecule has 0 spiro atoms. The SMILES string of the molecule is COc1ccc(/C(O)=C2\C(=O)C(=O)N(CCO)C2c2ccncc2)cc1. The van der Waals surface area contributed by atoms with Crippen molar-refractivity contribution in [2.24, 2.45) is 0 Å². The number of carbonyl (C=O) groups is 2. The van der Waals surface area contributed by atoms with Crippen molar-refractivity contribution in [1.29, 1.82) is 0 Å². The number of rotatable bonds is 5. The Kier molecular flexibility index (Phi) is 4.99. The molecule has 0 aliphatic carbocycles. The standard InChI is InChI=1S/C19H18N2O5/c1-26-14-4-2-13(3-5-14)17(23)15-16(12-6-8-20-9-7-12)21(10-11-22)19(25)18(15)24/h2-9,16,22-23H,10-11H2,1H3/b17-15+. The van der Waals surface area contributed by atoms with E-state index in [9.17, 15) is 19.8 Å². The van der Waals surface area contributed by atoms with E-state index in [2.05, 4.69) is 4.98 Å². The van der Waals surface area contributed by atoms with Gasteiger partial charge in [-0.05, 0) is 42.0 Å². The molecule has 2 aromatic rings. The van der Waals surface area contributed by atoms with E-state index in [-0.39, 0.29) is 24.5 Å². The lowest BCUT2D eigenvalue weighted by Crippen LogP contribution is -2.32. The van der Waals surface area contributed by atoms with E-state index < -0.39 is 17.7 Å². The summed E-state index contributed by atoms with van der Waals surface area (Å²) in [4.78, 5) is 30.2. The highest BCUT2D eigenvalue weighted by molar-refractivity contribution is 6.46. The molecule has 26 heavy (non-hydrogen) atoms. The number of hydrogen-bond donors (Lipinski definition) is 2. The smallest absolute Gasteiger partial charge is 0.295 e. The molecule has 0 radical (unpaired) electrons. The molecule has 0 bridgehead atoms. The molecule has 2 N–H and O–H groups in total. The number of aliphatic hydroxyl groups is 2. The molecule has 1 aromatic carbocycles. The van der Waals surface area contributed by atoms with Crippen molar-refractivity contribution in [3.8, 4) is 5.75 Å². The monoisotopic (exact) mass is 354 g/mol. The van der Waals surface area contributed by atoms with Crippen LogP contribution >= 0.6 is 0 Å². The molecule has 1 amide bonds. The van der Waals surface area contributed by atoms with Gasteiger partial charge in [0, 0.05) is 24.5 Å². The van der Waals surface area contributed by atoms with Crippen LogP contribution in [0.25, 0.3) is 5.76 Å². The van der Waals surface area contributed by atoms with Crippen LogP contribution in [0.4, 0.5) is 0 Å². The Morgan fingerprint density at radius 1 is 1.15 bits per heavy atom. The van der Waals surface area contributed by atoms with Crippen LogP contribution in [-0.2, 0) is 9.59 Å². The van der Waals surface area contributed by atoms with E-state index in [1.54, 1.807) is 48.8 Å². The van der Waals surface area contributed by atoms with Gasteiger partial charge in [0.25, 0.3) is 11.7 Å². The first-order chi connectivity index (χ1) is 12.6. The molecule has 1 saturated heterocycles. The number of aliphatic hydroxyl groups excluding tert-OH is 2. The van der Waals surface area contributed by atoms with E-state index in [1.807, 2.05) is 0 Å². The number of benzene rings is 1. The number of pyridine rings is 1. The van der Waals surface area contributed by atoms with Crippen molar-refractivity contribution in [1.82, 2.24) is 9.88 Å². The fraction of sp³-hybridized carbons (Fsp3) is 0.211. The van der Waals surface area contributed by atoms with Crippen molar-refractivity contribution in [3.05, 3.63) is 65.5 Å². The van der Waals surface area contributed by atoms with Crippen molar-refractivity contribution >= 4 is 17.4 Å². The lowest BCUT2D eigenvalue weighted by molar-refractivity contribution is -0.140. The molecule has 2 heterocycles. The Hall–Kier alpha value is -3.19. The lowest BCUT2D eigenvalue weighted by Gasteiger charge is -2.24. The number of nitrogens with zero attached hydrogens (tertiary/aromatic N) is 2. The summed E-state index contributed by atoms with van der Waals surface area (Å²) in [6.07, 6.45) is 3.09. The molecular formula is C19H18N2O5. The van der Waals surface area contributed by atoms with Crippen molar-refractivity contribution < 1.29 is 24.5 Å². The first-order valence-corrected chi connectivity index (χ1v) is 8.02. The predicted molar refractivity (Wildman–Crippen MR) is 93.3 cm³/mol. The Morgan fingerprint density at radius 3 is 2.38 bits per heavy atom. The van der Waals surface area contributed by atoms with Crippen LogP contribution in [0.3, 0.4) is 0 Å². The Morgan fingerprint density at radius 2 is 1.81 bits per heavy atom. The van der Waals surface area contributed by atoms with E-state index in [0.717, 1.165) is 0 Å². The summed E-state index contributed by atoms with van der Waals surface area (Å²) in [5.41, 5.74) is 1.01. The molecule has 0 saturated carbocycles. The minimum absolute atomic E-state index is 0.0141. The number of carbonyl (C=O) groups excluding carboxylic acids is 2. The molecule has 1 unspecified atom stereocenters. The van der Waals surface area contributed by atoms with E-state index >= 15 is 0 Å². The highest BCUT2D eigenvalue weighted by atomic mass is 16.5. The largest absolute Gasteiger partial charge is 0.507 e. The fourth-order valence-corrected chi connectivity index (χ4v) is 3.02. The third-order valence-electron chi connectivity index (χ3n) is 4.27. The zero-order chi connectivity index (χ0) is 18.7. The zero-order valence-electron chi connectivity index (χ0n) is 14.1. The normalized spacial score (nSPS) is 19.0. The Bertz CT molecular complexity index is 846. The zero-order valence-corrected chi connectivity index (χ0v) is 14.1. The van der Waals surface area contributed by atoms with Gasteiger partial charge < -0.3 is 19.8 Å². The van der Waals surface area contributed by atoms with Gasteiger partial charge in [-0.25, -0.2) is 0 Å². The maximum absolute atomic E-state index is 12.6. The number of β-amino-alcohol motifs (C(OH)–C–C–N with tert-alkyl or cyclic N) is 1. The van der Waals surface area contributed by atoms with Gasteiger partial charge in [-0.1, -0.05) is 0 Å². The second-order valence-corrected chi connectivity index (χ2v) is 5.73. The predicted octanol–water partition coefficient (Wildman–Crippen LogP) is 1.50. The molecule has 7 heteroatoms. The third-order valence-corrected chi connectivity index (χ3v) is 4.27. The number of amides is 1. The topological polar surface area (TPSA) is 100.0 Å². The summed E-state index contributed by atoms with van der Waals surface area (Å²) < 4.78 is 5.09. The number of Topliss-reactive ketones (excluding diaryl/α,β-unsaturated/α-hetero) is 1. The van der Waals surface area contributed by atoms with Crippen molar-refractivity contribution in [2.45, 2.75) is 6.04 Å². The van der Waals surface area contributed by atoms with Gasteiger partial charge in [-0.15, -0.1) is 0 Å². The highest BCUT2D eigenvalue weighted by Gasteiger charge is 2.45. The van der Waals surface area contributed by atoms with Gasteiger partial charge in [-0.2, -0.15) is 0 Å². The van der Waals surface area contributed by atoms with E-state index in [0.29, 0.717) is 16.9 Å². The highest BCUT2D eigenvalue weighted by Crippen LogP contribution is 2.39. The minimum atomic E-state index is -0.785. The molecule has 1 aliphatic heterocycles. The molecule has 1 fully saturated rings. The van der Waals surface area contributed by atoms with Gasteiger partial charge in [0.15, 0.2) is 0 Å². The molecule has 1 atom stereocenters. The summed E-state index contributed by atoms with van der Waals surface area (Å²) in [6.45, 7) is -0.311. The van der Waals surface area contributed by atoms with Crippen LogP contribution in [0.5, 0.6) is 5.75 Å². The van der Waals surface area contributed by atoms with Crippen LogP contribution in [0.15, 0.2) is 54.4 Å². The number of hydrogen-bond acceptors (Lipinski definition) is 6. The van der Waals surface area contributed by atoms with Crippen LogP contribution < -0.4 is 4.74 Å². The molecule has 7 nitrogen and oxygen atoms in total. The van der Waals surface area contributed by atoms with Gasteiger partial charge in [0.1, 0.15) is 11.5 Å². The number of methoxy groups -OCH3 is 1. The maximum atomic E-state index is 12.6. The van der Waals surface area contributed by atoms with Gasteiger partial charge in [-0.3, -0.25) is 14.6 Å². The minimum Gasteiger partial charge on any atom is -0.507 e. The van der Waals surface area contributed by atoms with E-state index in [1.165, 1.54) is 12.0 Å². The lowest BCUT2D eigenvalue weighted by atomic mass is 9.96. The Labute approximate surface area is 150 Å². The molecular weight excluding hydrogens is 336 g/mol. The summed E-state index contributed by atoms with van der Waals surface area (Å²) in [5.74, 6) is -1.20. The average Bonchev–Trinajstić information content (AvgIpc) is 2.93. The number of ether oxygens (including phenoxy) is 1. The first kappa shape index (κ1) is 17.6. The summed E-state index contributed by atoms with van der Waals surface area (Å²) in [6, 6.07) is 9.08. The quantitative estimate of drug-likeness (QED) is 0.480. The van der Waals surface area contributed by atoms with E-state index in [4.69, 9.17) is 4.74 Å². The first-order valence-electron chi connectivity index (χ1n) is 8.02. The van der Waals surface area contributed by atoms with Gasteiger partial charge in [0.2, 0.25) is 0 Å². The summed E-state index contributed by atoms with van der Waals surface area (Å²) >= 11 is 0. The van der Waals surface area contributed by atoms with Crippen LogP contribution in [0, 0.1) is 0 Å². The Balaban J connectivity index is 2.14. The average molecular weight is 354 g/mol. The van der Waals surface area contributed by atoms with Crippen molar-refractivity contribution in [3.63, 3.8) is 0 Å². The van der Waals surface area contributed by atoms with Crippen LogP contribution in [0.1, 0.15) is 17.2 Å². The third kappa shape index (κ3) is 3.04. The van der Waals surface area contributed by atoms with Gasteiger partial charge in [0.05, 0.1) is 25.3 Å². The number of aromatic nitrogens is 1. The number of ketones is 1. The molecule has 3 rings (SSSR count). The summed E-state index contributed by atoms with van der Waals surface area (Å²) in [5, 5.41) is 20.0. The molecule has 1 aliphatic rings. The second-order valence-electron chi connectivity index (χ2n) is 5.73. The fourth-order valence-electron chi connectivity index (χ4n) is 3.02. The van der Waals surface area contributed by atoms with Crippen molar-refractivity contribution in [2.75, 3.05) is 20.3 Å². The number of likely N-dealkylation sites (tertiary alicyclic amines) is 1. The summed E-state index contributed by atoms with van der Waals surface area (Å²) in [7, 11) is 1.53. The van der Waals surface area contributed by atoms with Crippen LogP contribution in [-0.4, -0.2) is 52.0 Å². The van der Waals surface area contributed by atoms with Crippen LogP contribution in [0.2, 0.25) is 0 Å². The second kappa shape index (κ2) is 7.37. The molecule has 134 valence electrons.